The number of carbonyl (C=O) groups excluding carboxylic acids is 2. The molecule has 0 aliphatic heterocycles. The second-order valence-electron chi connectivity index (χ2n) is 10.8. The first kappa shape index (κ1) is 34.2. The van der Waals surface area contributed by atoms with E-state index in [1.54, 1.807) is 12.1 Å². The van der Waals surface area contributed by atoms with Crippen molar-refractivity contribution < 1.29 is 23.1 Å². The second-order valence-corrected chi connectivity index (χ2v) is 10.8. The van der Waals surface area contributed by atoms with Crippen LogP contribution < -0.4 is 9.80 Å². The maximum atomic E-state index is 14.8. The van der Waals surface area contributed by atoms with Crippen LogP contribution in [0, 0.1) is 23.5 Å². The number of methoxy groups -OCH3 is 1. The average molecular weight is 579 g/mol. The molecular formula is C35H44F2N2O3. The van der Waals surface area contributed by atoms with Gasteiger partial charge in [0, 0.05) is 50.5 Å². The van der Waals surface area contributed by atoms with E-state index >= 15 is 0 Å². The van der Waals surface area contributed by atoms with Gasteiger partial charge in [-0.3, -0.25) is 4.79 Å². The third kappa shape index (κ3) is 11.1. The van der Waals surface area contributed by atoms with Crippen LogP contribution in [-0.4, -0.2) is 41.0 Å². The quantitative estimate of drug-likeness (QED) is 0.252. The monoisotopic (exact) mass is 578 g/mol. The van der Waals surface area contributed by atoms with E-state index in [2.05, 4.69) is 11.7 Å². The molecule has 0 saturated heterocycles. The molecule has 1 fully saturated rings. The molecule has 0 heterocycles. The van der Waals surface area contributed by atoms with Crippen LogP contribution in [0.5, 0.6) is 0 Å². The minimum Gasteiger partial charge on any atom is -0.471 e. The third-order valence-electron chi connectivity index (χ3n) is 7.15. The topological polar surface area (TPSA) is 49.9 Å². The first-order valence-electron chi connectivity index (χ1n) is 14.2. The molecular weight excluding hydrogens is 534 g/mol. The van der Waals surface area contributed by atoms with Gasteiger partial charge in [-0.05, 0) is 78.8 Å². The highest BCUT2D eigenvalue weighted by Gasteiger charge is 2.17. The van der Waals surface area contributed by atoms with E-state index in [0.717, 1.165) is 47.4 Å². The van der Waals surface area contributed by atoms with Crippen molar-refractivity contribution in [1.29, 1.82) is 0 Å². The number of anilines is 2. The fourth-order valence-corrected chi connectivity index (χ4v) is 4.86. The predicted octanol–water partition coefficient (Wildman–Crippen LogP) is 8.17. The summed E-state index contributed by atoms with van der Waals surface area (Å²) < 4.78 is 32.6. The third-order valence-corrected chi connectivity index (χ3v) is 7.15. The highest BCUT2D eigenvalue weighted by molar-refractivity contribution is 5.67. The summed E-state index contributed by atoms with van der Waals surface area (Å²) in [7, 11) is 7.12. The fraction of sp³-hybridized carbons (Fsp3) is 0.371. The van der Waals surface area contributed by atoms with Crippen LogP contribution in [-0.2, 0) is 20.9 Å². The van der Waals surface area contributed by atoms with Crippen molar-refractivity contribution in [3.05, 3.63) is 89.5 Å². The molecule has 2 atom stereocenters. The lowest BCUT2D eigenvalue weighted by Gasteiger charge is -2.21. The molecule has 3 aromatic carbocycles. The molecule has 3 aromatic rings. The van der Waals surface area contributed by atoms with E-state index < -0.39 is 0 Å². The summed E-state index contributed by atoms with van der Waals surface area (Å²) in [6.07, 6.45) is 9.67. The molecule has 1 aliphatic carbocycles. The van der Waals surface area contributed by atoms with Gasteiger partial charge >= 0.3 is 0 Å². The van der Waals surface area contributed by atoms with Gasteiger partial charge in [0.2, 0.25) is 0 Å². The number of halogens is 2. The molecule has 0 N–H and O–H groups in total. The molecule has 0 amide bonds. The van der Waals surface area contributed by atoms with Crippen molar-refractivity contribution in [3.63, 3.8) is 0 Å². The summed E-state index contributed by atoms with van der Waals surface area (Å²) in [5.41, 5.74) is 4.96. The van der Waals surface area contributed by atoms with Crippen LogP contribution in [0.15, 0.2) is 66.7 Å². The Kier molecular flexibility index (Phi) is 14.4. The lowest BCUT2D eigenvalue weighted by Crippen LogP contribution is -2.17. The minimum absolute atomic E-state index is 0.267. The molecule has 1 saturated carbocycles. The van der Waals surface area contributed by atoms with Crippen LogP contribution in [0.25, 0.3) is 17.2 Å². The molecule has 0 radical (unpaired) electrons. The van der Waals surface area contributed by atoms with Crippen molar-refractivity contribution in [1.82, 2.24) is 0 Å². The molecule has 0 spiro atoms. The number of rotatable bonds is 8. The molecule has 1 unspecified atom stereocenters. The molecule has 0 aromatic heterocycles. The maximum absolute atomic E-state index is 14.8. The van der Waals surface area contributed by atoms with E-state index in [-0.39, 0.29) is 11.6 Å². The zero-order chi connectivity index (χ0) is 31.1. The van der Waals surface area contributed by atoms with Gasteiger partial charge in [-0.25, -0.2) is 8.78 Å². The molecule has 4 rings (SSSR count). The number of benzene rings is 3. The lowest BCUT2D eigenvalue weighted by molar-refractivity contribution is -0.126. The summed E-state index contributed by atoms with van der Waals surface area (Å²) in [6.45, 7) is 4.85. The van der Waals surface area contributed by atoms with E-state index in [9.17, 15) is 13.6 Å². The molecule has 226 valence electrons. The zero-order valence-corrected chi connectivity index (χ0v) is 25.6. The molecule has 0 bridgehead atoms. The summed E-state index contributed by atoms with van der Waals surface area (Å²) >= 11 is 0. The highest BCUT2D eigenvalue weighted by atomic mass is 19.1. The number of aldehydes is 1. The highest BCUT2D eigenvalue weighted by Crippen LogP contribution is 2.27. The second kappa shape index (κ2) is 17.7. The van der Waals surface area contributed by atoms with Crippen LogP contribution in [0.3, 0.4) is 0 Å². The van der Waals surface area contributed by atoms with Crippen LogP contribution in [0.1, 0.15) is 50.7 Å². The predicted molar refractivity (Wildman–Crippen MR) is 170 cm³/mol. The lowest BCUT2D eigenvalue weighted by atomic mass is 9.83. The van der Waals surface area contributed by atoms with Crippen LogP contribution in [0.4, 0.5) is 20.2 Å². The molecule has 1 aliphatic rings. The Bertz CT molecular complexity index is 1290. The van der Waals surface area contributed by atoms with Crippen LogP contribution in [0.2, 0.25) is 0 Å². The van der Waals surface area contributed by atoms with Gasteiger partial charge in [-0.15, -0.1) is 0 Å². The Hall–Kier alpha value is -4.00. The number of nitrogens with zero attached hydrogens (tertiary/aromatic N) is 2. The number of allylic oxidation sites excluding steroid dienone is 1. The van der Waals surface area contributed by atoms with Crippen molar-refractivity contribution in [2.75, 3.05) is 38.1 Å². The largest absolute Gasteiger partial charge is 0.471 e. The van der Waals surface area contributed by atoms with E-state index in [1.807, 2.05) is 86.4 Å². The van der Waals surface area contributed by atoms with Crippen molar-refractivity contribution >= 4 is 30.2 Å². The summed E-state index contributed by atoms with van der Waals surface area (Å²) in [4.78, 5) is 23.1. The van der Waals surface area contributed by atoms with Gasteiger partial charge in [-0.1, -0.05) is 56.2 Å². The van der Waals surface area contributed by atoms with E-state index in [4.69, 9.17) is 4.79 Å². The Morgan fingerprint density at radius 1 is 0.905 bits per heavy atom. The van der Waals surface area contributed by atoms with Gasteiger partial charge in [0.25, 0.3) is 6.47 Å². The first-order valence-corrected chi connectivity index (χ1v) is 14.2. The Labute approximate surface area is 249 Å². The van der Waals surface area contributed by atoms with Crippen molar-refractivity contribution in [2.24, 2.45) is 11.8 Å². The molecule has 7 heteroatoms. The summed E-state index contributed by atoms with van der Waals surface area (Å²) in [5, 5.41) is 0. The van der Waals surface area contributed by atoms with Gasteiger partial charge in [0.15, 0.2) is 0 Å². The number of carbonyl (C=O) groups is 2. The van der Waals surface area contributed by atoms with Gasteiger partial charge in [0.1, 0.15) is 17.9 Å². The van der Waals surface area contributed by atoms with E-state index in [1.165, 1.54) is 32.1 Å². The molecule has 5 nitrogen and oxygen atoms in total. The maximum Gasteiger partial charge on any atom is 0.292 e. The van der Waals surface area contributed by atoms with E-state index in [0.29, 0.717) is 30.2 Å². The fourth-order valence-electron chi connectivity index (χ4n) is 4.86. The SMILES string of the molecule is C/C=C/c1cc(F)cc(N(C)Cc2ccc(-c3ccc(N(C)C)cc3)cc2F)c1.COC=O.C[C@@H]1CCCC(C=O)C1. The first-order chi connectivity index (χ1) is 20.1. The van der Waals surface area contributed by atoms with Crippen molar-refractivity contribution in [3.8, 4) is 11.1 Å². The van der Waals surface area contributed by atoms with Gasteiger partial charge in [0.05, 0.1) is 7.11 Å². The standard InChI is InChI=1S/C25H26F2N2.C8H14O.C2H4O2/c1-5-6-18-13-22(26)16-24(14-18)29(4)17-21-8-7-20(15-25(21)27)19-9-11-23(12-10-19)28(2)3;1-7-3-2-4-8(5-7)6-9;1-4-2-3/h5-16H,17H2,1-4H3;6-8H,2-5H2,1H3;2H,1H3/b6-5+;;/t;7-,8?;/m.1./s1. The minimum atomic E-state index is -0.306. The normalized spacial score (nSPS) is 15.9. The summed E-state index contributed by atoms with van der Waals surface area (Å²) in [6, 6.07) is 18.1. The average Bonchev–Trinajstić information content (AvgIpc) is 2.98. The van der Waals surface area contributed by atoms with Crippen LogP contribution >= 0.6 is 0 Å². The number of ether oxygens (including phenoxy) is 1. The Morgan fingerprint density at radius 3 is 2.10 bits per heavy atom. The summed E-state index contributed by atoms with van der Waals surface area (Å²) in [5.74, 6) is 0.596. The van der Waals surface area contributed by atoms with Gasteiger partial charge < -0.3 is 19.3 Å². The van der Waals surface area contributed by atoms with Gasteiger partial charge in [-0.2, -0.15) is 0 Å². The molecule has 42 heavy (non-hydrogen) atoms. The smallest absolute Gasteiger partial charge is 0.292 e. The number of hydrogen-bond donors (Lipinski definition) is 0. The Morgan fingerprint density at radius 2 is 1.57 bits per heavy atom. The zero-order valence-electron chi connectivity index (χ0n) is 25.6. The Balaban J connectivity index is 0.000000392. The van der Waals surface area contributed by atoms with Crippen molar-refractivity contribution in [2.45, 2.75) is 46.1 Å². The number of hydrogen-bond acceptors (Lipinski definition) is 5.